The fraction of sp³-hybridized carbons (Fsp3) is 0.500. The lowest BCUT2D eigenvalue weighted by Crippen LogP contribution is -2.40. The maximum Gasteiger partial charge on any atom is 0.257 e. The van der Waals surface area contributed by atoms with Crippen LogP contribution in [0.5, 0.6) is 0 Å². The highest BCUT2D eigenvalue weighted by Crippen LogP contribution is 2.17. The van der Waals surface area contributed by atoms with Gasteiger partial charge in [0, 0.05) is 31.5 Å². The number of likely N-dealkylation sites (tertiary alicyclic amines) is 1. The van der Waals surface area contributed by atoms with Crippen molar-refractivity contribution in [3.8, 4) is 11.5 Å². The number of benzene rings is 1. The van der Waals surface area contributed by atoms with Crippen molar-refractivity contribution < 1.29 is 14.1 Å². The summed E-state index contributed by atoms with van der Waals surface area (Å²) in [6.45, 7) is 4.05. The first kappa shape index (κ1) is 16.6. The van der Waals surface area contributed by atoms with Gasteiger partial charge in [-0.1, -0.05) is 30.3 Å². The Labute approximate surface area is 141 Å². The van der Waals surface area contributed by atoms with Gasteiger partial charge in [0.1, 0.15) is 0 Å². The van der Waals surface area contributed by atoms with Gasteiger partial charge in [0.05, 0.1) is 12.7 Å². The Bertz CT molecular complexity index is 649. The third kappa shape index (κ3) is 4.20. The molecule has 0 spiro atoms. The van der Waals surface area contributed by atoms with Crippen molar-refractivity contribution in [2.45, 2.75) is 38.7 Å². The molecule has 0 atom stereocenters. The highest BCUT2D eigenvalue weighted by atomic mass is 16.5. The number of hydrogen-bond acceptors (Lipinski definition) is 5. The fourth-order valence-electron chi connectivity index (χ4n) is 2.87. The molecule has 0 saturated carbocycles. The zero-order chi connectivity index (χ0) is 16.8. The van der Waals surface area contributed by atoms with Crippen molar-refractivity contribution in [3.05, 3.63) is 36.2 Å². The predicted octanol–water partition coefficient (Wildman–Crippen LogP) is 2.70. The SMILES string of the molecule is CCC(=O)N1CCC(OCCc2noc(-c3ccccc3)n2)CC1. The van der Waals surface area contributed by atoms with Crippen LogP contribution in [0.4, 0.5) is 0 Å². The first-order chi connectivity index (χ1) is 11.8. The molecule has 1 amide bonds. The van der Waals surface area contributed by atoms with E-state index in [4.69, 9.17) is 9.26 Å². The Morgan fingerprint density at radius 1 is 1.29 bits per heavy atom. The second-order valence-corrected chi connectivity index (χ2v) is 5.94. The van der Waals surface area contributed by atoms with E-state index in [0.717, 1.165) is 31.5 Å². The fourth-order valence-corrected chi connectivity index (χ4v) is 2.87. The summed E-state index contributed by atoms with van der Waals surface area (Å²) in [5, 5.41) is 4.00. The highest BCUT2D eigenvalue weighted by molar-refractivity contribution is 5.75. The molecule has 0 aliphatic carbocycles. The normalized spacial score (nSPS) is 15.6. The molecule has 1 saturated heterocycles. The van der Waals surface area contributed by atoms with Crippen LogP contribution in [0.25, 0.3) is 11.5 Å². The summed E-state index contributed by atoms with van der Waals surface area (Å²) in [4.78, 5) is 18.0. The highest BCUT2D eigenvalue weighted by Gasteiger charge is 2.22. The first-order valence-electron chi connectivity index (χ1n) is 8.53. The number of nitrogens with zero attached hydrogens (tertiary/aromatic N) is 3. The maximum atomic E-state index is 11.7. The Morgan fingerprint density at radius 3 is 2.75 bits per heavy atom. The molecule has 6 nitrogen and oxygen atoms in total. The molecule has 1 aliphatic heterocycles. The Morgan fingerprint density at radius 2 is 2.04 bits per heavy atom. The van der Waals surface area contributed by atoms with Crippen LogP contribution in [0.2, 0.25) is 0 Å². The third-order valence-electron chi connectivity index (χ3n) is 4.27. The molecule has 1 aliphatic rings. The quantitative estimate of drug-likeness (QED) is 0.815. The predicted molar refractivity (Wildman–Crippen MR) is 89.3 cm³/mol. The number of piperidine rings is 1. The molecular formula is C18H23N3O3. The van der Waals surface area contributed by atoms with Gasteiger partial charge in [-0.2, -0.15) is 4.98 Å². The Hall–Kier alpha value is -2.21. The number of amides is 1. The first-order valence-corrected chi connectivity index (χ1v) is 8.53. The minimum absolute atomic E-state index is 0.214. The lowest BCUT2D eigenvalue weighted by Gasteiger charge is -2.31. The third-order valence-corrected chi connectivity index (χ3v) is 4.27. The van der Waals surface area contributed by atoms with E-state index in [2.05, 4.69) is 10.1 Å². The van der Waals surface area contributed by atoms with Crippen LogP contribution in [0.15, 0.2) is 34.9 Å². The number of rotatable bonds is 6. The van der Waals surface area contributed by atoms with Gasteiger partial charge in [0.15, 0.2) is 5.82 Å². The molecule has 1 aromatic carbocycles. The molecule has 0 N–H and O–H groups in total. The van der Waals surface area contributed by atoms with Gasteiger partial charge < -0.3 is 14.2 Å². The van der Waals surface area contributed by atoms with Crippen molar-refractivity contribution in [3.63, 3.8) is 0 Å². The van der Waals surface area contributed by atoms with Gasteiger partial charge >= 0.3 is 0 Å². The summed E-state index contributed by atoms with van der Waals surface area (Å²) in [6, 6.07) is 9.72. The van der Waals surface area contributed by atoms with Crippen molar-refractivity contribution in [2.24, 2.45) is 0 Å². The number of aromatic nitrogens is 2. The smallest absolute Gasteiger partial charge is 0.257 e. The maximum absolute atomic E-state index is 11.7. The molecule has 24 heavy (non-hydrogen) atoms. The average Bonchev–Trinajstić information content (AvgIpc) is 3.11. The van der Waals surface area contributed by atoms with E-state index in [1.807, 2.05) is 42.2 Å². The van der Waals surface area contributed by atoms with E-state index in [9.17, 15) is 4.79 Å². The van der Waals surface area contributed by atoms with E-state index in [1.54, 1.807) is 0 Å². The van der Waals surface area contributed by atoms with Crippen LogP contribution in [0.1, 0.15) is 32.0 Å². The minimum atomic E-state index is 0.214. The number of ether oxygens (including phenoxy) is 1. The molecule has 3 rings (SSSR count). The van der Waals surface area contributed by atoms with Gasteiger partial charge in [0.25, 0.3) is 5.89 Å². The molecule has 0 unspecified atom stereocenters. The molecule has 1 aromatic heterocycles. The van der Waals surface area contributed by atoms with Crippen LogP contribution >= 0.6 is 0 Å². The van der Waals surface area contributed by atoms with Crippen LogP contribution in [-0.4, -0.2) is 46.7 Å². The molecule has 0 bridgehead atoms. The van der Waals surface area contributed by atoms with Crippen molar-refractivity contribution in [2.75, 3.05) is 19.7 Å². The van der Waals surface area contributed by atoms with Crippen LogP contribution in [0, 0.1) is 0 Å². The van der Waals surface area contributed by atoms with Crippen LogP contribution < -0.4 is 0 Å². The van der Waals surface area contributed by atoms with E-state index in [-0.39, 0.29) is 12.0 Å². The van der Waals surface area contributed by atoms with Gasteiger partial charge in [-0.3, -0.25) is 4.79 Å². The number of carbonyl (C=O) groups excluding carboxylic acids is 1. The molecule has 6 heteroatoms. The second-order valence-electron chi connectivity index (χ2n) is 5.94. The lowest BCUT2D eigenvalue weighted by molar-refractivity contribution is -0.133. The zero-order valence-corrected chi connectivity index (χ0v) is 14.0. The summed E-state index contributed by atoms with van der Waals surface area (Å²) in [5.74, 6) is 1.43. The molecule has 1 fully saturated rings. The van der Waals surface area contributed by atoms with Crippen molar-refractivity contribution in [1.29, 1.82) is 0 Å². The van der Waals surface area contributed by atoms with Crippen molar-refractivity contribution in [1.82, 2.24) is 15.0 Å². The molecule has 2 heterocycles. The van der Waals surface area contributed by atoms with Gasteiger partial charge in [0.2, 0.25) is 5.91 Å². The van der Waals surface area contributed by atoms with E-state index < -0.39 is 0 Å². The summed E-state index contributed by atoms with van der Waals surface area (Å²) in [6.07, 6.45) is 3.21. The molecule has 128 valence electrons. The molecular weight excluding hydrogens is 306 g/mol. The number of carbonyl (C=O) groups is 1. The minimum Gasteiger partial charge on any atom is -0.378 e. The van der Waals surface area contributed by atoms with Crippen LogP contribution in [-0.2, 0) is 16.0 Å². The van der Waals surface area contributed by atoms with E-state index in [0.29, 0.717) is 31.2 Å². The Balaban J connectivity index is 1.41. The summed E-state index contributed by atoms with van der Waals surface area (Å²) in [5.41, 5.74) is 0.921. The topological polar surface area (TPSA) is 68.5 Å². The van der Waals surface area contributed by atoms with Crippen LogP contribution in [0.3, 0.4) is 0 Å². The Kier molecular flexibility index (Phi) is 5.59. The van der Waals surface area contributed by atoms with Gasteiger partial charge in [-0.15, -0.1) is 0 Å². The van der Waals surface area contributed by atoms with E-state index in [1.165, 1.54) is 0 Å². The van der Waals surface area contributed by atoms with Gasteiger partial charge in [-0.25, -0.2) is 0 Å². The summed E-state index contributed by atoms with van der Waals surface area (Å²) in [7, 11) is 0. The monoisotopic (exact) mass is 329 g/mol. The largest absolute Gasteiger partial charge is 0.378 e. The standard InChI is InChI=1S/C18H23N3O3/c1-2-17(22)21-11-8-15(9-12-21)23-13-10-16-19-18(24-20-16)14-6-4-3-5-7-14/h3-7,15H,2,8-13H2,1H3. The summed E-state index contributed by atoms with van der Waals surface area (Å²) >= 11 is 0. The average molecular weight is 329 g/mol. The summed E-state index contributed by atoms with van der Waals surface area (Å²) < 4.78 is 11.2. The molecule has 2 aromatic rings. The lowest BCUT2D eigenvalue weighted by atomic mass is 10.1. The van der Waals surface area contributed by atoms with E-state index >= 15 is 0 Å². The second kappa shape index (κ2) is 8.06. The number of hydrogen-bond donors (Lipinski definition) is 0. The van der Waals surface area contributed by atoms with Crippen molar-refractivity contribution >= 4 is 5.91 Å². The zero-order valence-electron chi connectivity index (χ0n) is 14.0. The molecule has 0 radical (unpaired) electrons. The van der Waals surface area contributed by atoms with Gasteiger partial charge in [-0.05, 0) is 25.0 Å².